The molecule has 1 aliphatic heterocycles. The molecule has 1 N–H and O–H groups in total. The van der Waals surface area contributed by atoms with Crippen LogP contribution in [0, 0.1) is 0 Å². The van der Waals surface area contributed by atoms with Crippen molar-refractivity contribution < 1.29 is 17.9 Å². The lowest BCUT2D eigenvalue weighted by Gasteiger charge is -2.17. The topological polar surface area (TPSA) is 88.6 Å². The number of nitrogens with one attached hydrogen (secondary N) is 1. The van der Waals surface area contributed by atoms with E-state index in [0.717, 1.165) is 29.7 Å². The van der Waals surface area contributed by atoms with Crippen molar-refractivity contribution in [3.63, 3.8) is 0 Å². The smallest absolute Gasteiger partial charge is 0.251 e. The number of pyridine rings is 1. The van der Waals surface area contributed by atoms with Gasteiger partial charge in [-0.2, -0.15) is 4.31 Å². The van der Waals surface area contributed by atoms with Crippen LogP contribution in [-0.2, 0) is 16.6 Å². The maximum atomic E-state index is 12.7. The average Bonchev–Trinajstić information content (AvgIpc) is 3.40. The summed E-state index contributed by atoms with van der Waals surface area (Å²) in [6.45, 7) is 3.43. The fraction of sp³-hybridized carbons (Fsp3) is 0.280. The zero-order valence-electron chi connectivity index (χ0n) is 18.5. The molecule has 1 amide bonds. The van der Waals surface area contributed by atoms with Gasteiger partial charge in [-0.15, -0.1) is 0 Å². The molecule has 172 valence electrons. The first-order valence-corrected chi connectivity index (χ1v) is 12.4. The van der Waals surface area contributed by atoms with Crippen LogP contribution in [0.2, 0.25) is 0 Å². The van der Waals surface area contributed by atoms with Crippen molar-refractivity contribution in [3.05, 3.63) is 89.7 Å². The van der Waals surface area contributed by atoms with Crippen LogP contribution in [0.4, 0.5) is 0 Å². The Morgan fingerprint density at radius 2 is 1.76 bits per heavy atom. The molecule has 0 saturated carbocycles. The summed E-state index contributed by atoms with van der Waals surface area (Å²) in [6, 6.07) is 17.3. The molecule has 1 unspecified atom stereocenters. The zero-order valence-corrected chi connectivity index (χ0v) is 19.3. The Hall–Kier alpha value is -3.23. The van der Waals surface area contributed by atoms with Gasteiger partial charge in [0.25, 0.3) is 5.91 Å². The third-order valence-corrected chi connectivity index (χ3v) is 7.59. The average molecular weight is 466 g/mol. The number of carbonyl (C=O) groups is 1. The van der Waals surface area contributed by atoms with Gasteiger partial charge in [0.2, 0.25) is 10.0 Å². The highest BCUT2D eigenvalue weighted by atomic mass is 32.2. The first-order valence-electron chi connectivity index (χ1n) is 11.0. The second-order valence-electron chi connectivity index (χ2n) is 8.05. The van der Waals surface area contributed by atoms with Crippen molar-refractivity contribution in [2.75, 3.05) is 13.1 Å². The molecule has 8 heteroatoms. The summed E-state index contributed by atoms with van der Waals surface area (Å²) in [5.41, 5.74) is 2.34. The molecule has 2 heterocycles. The minimum absolute atomic E-state index is 0.218. The molecular weight excluding hydrogens is 438 g/mol. The van der Waals surface area contributed by atoms with Gasteiger partial charge in [-0.3, -0.25) is 9.78 Å². The van der Waals surface area contributed by atoms with Crippen molar-refractivity contribution in [1.29, 1.82) is 0 Å². The molecule has 0 aliphatic carbocycles. The van der Waals surface area contributed by atoms with Gasteiger partial charge in [0, 0.05) is 36.6 Å². The normalized spacial score (nSPS) is 15.2. The summed E-state index contributed by atoms with van der Waals surface area (Å²) in [5.74, 6) is 0.473. The number of ether oxygens (including phenoxy) is 1. The van der Waals surface area contributed by atoms with Crippen LogP contribution in [0.5, 0.6) is 5.75 Å². The monoisotopic (exact) mass is 465 g/mol. The van der Waals surface area contributed by atoms with Crippen molar-refractivity contribution in [2.24, 2.45) is 0 Å². The van der Waals surface area contributed by atoms with Gasteiger partial charge >= 0.3 is 0 Å². The number of hydrogen-bond donors (Lipinski definition) is 1. The van der Waals surface area contributed by atoms with Gasteiger partial charge < -0.3 is 10.1 Å². The van der Waals surface area contributed by atoms with Crippen LogP contribution >= 0.6 is 0 Å². The van der Waals surface area contributed by atoms with Crippen molar-refractivity contribution in [3.8, 4) is 5.75 Å². The Balaban J connectivity index is 1.34. The summed E-state index contributed by atoms with van der Waals surface area (Å²) in [7, 11) is -3.49. The van der Waals surface area contributed by atoms with Crippen molar-refractivity contribution in [1.82, 2.24) is 14.6 Å². The number of aromatic nitrogens is 1. The fourth-order valence-corrected chi connectivity index (χ4v) is 5.24. The van der Waals surface area contributed by atoms with E-state index in [1.54, 1.807) is 24.5 Å². The van der Waals surface area contributed by atoms with E-state index in [2.05, 4.69) is 10.3 Å². The molecule has 0 spiro atoms. The first kappa shape index (κ1) is 22.9. The van der Waals surface area contributed by atoms with E-state index in [-0.39, 0.29) is 16.8 Å². The third kappa shape index (κ3) is 5.58. The number of nitrogens with zero attached hydrogens (tertiary/aromatic N) is 2. The Bertz CT molecular complexity index is 1170. The van der Waals surface area contributed by atoms with E-state index in [1.807, 2.05) is 43.3 Å². The Labute approximate surface area is 194 Å². The summed E-state index contributed by atoms with van der Waals surface area (Å²) in [5, 5.41) is 2.96. The lowest BCUT2D eigenvalue weighted by atomic mass is 10.1. The second-order valence-corrected chi connectivity index (χ2v) is 9.99. The molecular formula is C25H27N3O4S. The van der Waals surface area contributed by atoms with E-state index < -0.39 is 10.0 Å². The minimum Gasteiger partial charge on any atom is -0.489 e. The predicted octanol–water partition coefficient (Wildman–Crippen LogP) is 3.94. The van der Waals surface area contributed by atoms with Gasteiger partial charge in [-0.1, -0.05) is 18.2 Å². The molecule has 1 atom stereocenters. The second kappa shape index (κ2) is 10.1. The highest BCUT2D eigenvalue weighted by Crippen LogP contribution is 2.22. The number of hydrogen-bond acceptors (Lipinski definition) is 5. The van der Waals surface area contributed by atoms with Crippen LogP contribution in [0.1, 0.15) is 47.3 Å². The van der Waals surface area contributed by atoms with Crippen LogP contribution in [0.3, 0.4) is 0 Å². The maximum Gasteiger partial charge on any atom is 0.251 e. The number of sulfonamides is 1. The van der Waals surface area contributed by atoms with Crippen LogP contribution in [0.25, 0.3) is 0 Å². The molecule has 1 saturated heterocycles. The molecule has 33 heavy (non-hydrogen) atoms. The Morgan fingerprint density at radius 3 is 2.39 bits per heavy atom. The highest BCUT2D eigenvalue weighted by Gasteiger charge is 2.27. The summed E-state index contributed by atoms with van der Waals surface area (Å²) >= 11 is 0. The Morgan fingerprint density at radius 1 is 1.06 bits per heavy atom. The number of benzene rings is 2. The van der Waals surface area contributed by atoms with Crippen LogP contribution in [0.15, 0.2) is 78.0 Å². The maximum absolute atomic E-state index is 12.7. The van der Waals surface area contributed by atoms with E-state index in [0.29, 0.717) is 25.3 Å². The minimum atomic E-state index is -3.49. The largest absolute Gasteiger partial charge is 0.489 e. The van der Waals surface area contributed by atoms with Crippen LogP contribution < -0.4 is 10.1 Å². The van der Waals surface area contributed by atoms with Gasteiger partial charge in [-0.25, -0.2) is 8.42 Å². The molecule has 1 aliphatic rings. The molecule has 0 bridgehead atoms. The number of carbonyl (C=O) groups excluding carboxylic acids is 1. The van der Waals surface area contributed by atoms with Crippen LogP contribution in [-0.4, -0.2) is 36.7 Å². The summed E-state index contributed by atoms with van der Waals surface area (Å²) in [4.78, 5) is 17.0. The quantitative estimate of drug-likeness (QED) is 0.544. The molecule has 4 rings (SSSR count). The highest BCUT2D eigenvalue weighted by molar-refractivity contribution is 7.89. The van der Waals surface area contributed by atoms with Crippen molar-refractivity contribution in [2.45, 2.75) is 37.3 Å². The van der Waals surface area contributed by atoms with E-state index >= 15 is 0 Å². The number of rotatable bonds is 8. The fourth-order valence-electron chi connectivity index (χ4n) is 3.72. The molecule has 3 aromatic rings. The lowest BCUT2D eigenvalue weighted by molar-refractivity contribution is 0.0939. The van der Waals surface area contributed by atoms with Crippen molar-refractivity contribution >= 4 is 15.9 Å². The molecule has 7 nitrogen and oxygen atoms in total. The van der Waals surface area contributed by atoms with E-state index in [1.165, 1.54) is 16.4 Å². The molecule has 1 fully saturated rings. The van der Waals surface area contributed by atoms with Gasteiger partial charge in [-0.05, 0) is 67.8 Å². The number of amides is 1. The zero-order chi connectivity index (χ0) is 23.3. The van der Waals surface area contributed by atoms with Gasteiger partial charge in [0.1, 0.15) is 12.4 Å². The first-order chi connectivity index (χ1) is 15.9. The summed E-state index contributed by atoms with van der Waals surface area (Å²) < 4.78 is 32.6. The molecule has 2 aromatic carbocycles. The SMILES string of the molecule is CC(NC(=O)c1ccc(S(=O)(=O)N2CCCC2)cc1)c1ccc(OCc2cccnc2)cc1. The summed E-state index contributed by atoms with van der Waals surface area (Å²) in [6.07, 6.45) is 5.25. The third-order valence-electron chi connectivity index (χ3n) is 5.68. The van der Waals surface area contributed by atoms with E-state index in [9.17, 15) is 13.2 Å². The Kier molecular flexibility index (Phi) is 7.05. The lowest BCUT2D eigenvalue weighted by Crippen LogP contribution is -2.28. The predicted molar refractivity (Wildman–Crippen MR) is 125 cm³/mol. The van der Waals surface area contributed by atoms with Gasteiger partial charge in [0.05, 0.1) is 10.9 Å². The standard InChI is InChI=1S/C25H27N3O4S/c1-19(21-6-10-23(11-7-21)32-18-20-5-4-14-26-17-20)27-25(29)22-8-12-24(13-9-22)33(30,31)28-15-2-3-16-28/h4-14,17,19H,2-3,15-16,18H2,1H3,(H,27,29). The molecule has 1 aromatic heterocycles. The van der Waals surface area contributed by atoms with Gasteiger partial charge in [0.15, 0.2) is 0 Å². The molecule has 0 radical (unpaired) electrons. The van der Waals surface area contributed by atoms with E-state index in [4.69, 9.17) is 4.74 Å².